The predicted octanol–water partition coefficient (Wildman–Crippen LogP) is 2.37. The normalized spacial score (nSPS) is 15.7. The van der Waals surface area contributed by atoms with Gasteiger partial charge in [0.05, 0.1) is 19.4 Å². The Morgan fingerprint density at radius 3 is 2.81 bits per heavy atom. The monoisotopic (exact) mass is 354 g/mol. The van der Waals surface area contributed by atoms with Crippen LogP contribution in [-0.4, -0.2) is 32.1 Å². The van der Waals surface area contributed by atoms with E-state index in [0.717, 1.165) is 17.5 Å². The minimum Gasteiger partial charge on any atom is -0.495 e. The number of ether oxygens (including phenoxy) is 2. The van der Waals surface area contributed by atoms with Crippen LogP contribution >= 0.6 is 0 Å². The molecule has 6 heteroatoms. The van der Waals surface area contributed by atoms with Crippen molar-refractivity contribution in [3.8, 4) is 5.75 Å². The van der Waals surface area contributed by atoms with Crippen molar-refractivity contribution >= 4 is 17.5 Å². The van der Waals surface area contributed by atoms with Gasteiger partial charge < -0.3 is 20.1 Å². The number of carbonyl (C=O) groups excluding carboxylic acids is 2. The SMILES string of the molecule is COc1ccc(C)cc1NC(=O)C(=O)NC[C@@H]1OCCc2ccccc21. The van der Waals surface area contributed by atoms with Crippen LogP contribution in [0.3, 0.4) is 0 Å². The first kappa shape index (κ1) is 17.9. The van der Waals surface area contributed by atoms with Gasteiger partial charge in [-0.25, -0.2) is 0 Å². The van der Waals surface area contributed by atoms with Gasteiger partial charge in [-0.05, 0) is 42.2 Å². The number of methoxy groups -OCH3 is 1. The number of rotatable bonds is 4. The molecule has 2 aromatic carbocycles. The molecule has 1 aliphatic heterocycles. The molecule has 0 radical (unpaired) electrons. The van der Waals surface area contributed by atoms with Gasteiger partial charge in [0.25, 0.3) is 0 Å². The van der Waals surface area contributed by atoms with Crippen LogP contribution < -0.4 is 15.4 Å². The highest BCUT2D eigenvalue weighted by molar-refractivity contribution is 6.39. The predicted molar refractivity (Wildman–Crippen MR) is 98.2 cm³/mol. The van der Waals surface area contributed by atoms with E-state index in [2.05, 4.69) is 16.7 Å². The number of anilines is 1. The molecule has 0 bridgehead atoms. The Morgan fingerprint density at radius 2 is 2.00 bits per heavy atom. The second-order valence-corrected chi connectivity index (χ2v) is 6.18. The molecular formula is C20H22N2O4. The summed E-state index contributed by atoms with van der Waals surface area (Å²) in [6, 6.07) is 13.3. The Hall–Kier alpha value is -2.86. The molecule has 6 nitrogen and oxygen atoms in total. The second-order valence-electron chi connectivity index (χ2n) is 6.18. The summed E-state index contributed by atoms with van der Waals surface area (Å²) in [5.41, 5.74) is 3.69. The van der Waals surface area contributed by atoms with Crippen molar-refractivity contribution in [2.75, 3.05) is 25.6 Å². The summed E-state index contributed by atoms with van der Waals surface area (Å²) in [6.45, 7) is 2.74. The quantitative estimate of drug-likeness (QED) is 0.827. The molecule has 0 aromatic heterocycles. The molecule has 0 aliphatic carbocycles. The van der Waals surface area contributed by atoms with Crippen LogP contribution in [0.25, 0.3) is 0 Å². The minimum atomic E-state index is -0.738. The number of amides is 2. The van der Waals surface area contributed by atoms with Gasteiger partial charge in [-0.3, -0.25) is 9.59 Å². The van der Waals surface area contributed by atoms with Crippen molar-refractivity contribution < 1.29 is 19.1 Å². The van der Waals surface area contributed by atoms with Crippen LogP contribution in [0.2, 0.25) is 0 Å². The summed E-state index contributed by atoms with van der Waals surface area (Å²) in [4.78, 5) is 24.4. The molecule has 2 amide bonds. The lowest BCUT2D eigenvalue weighted by Crippen LogP contribution is -2.39. The Balaban J connectivity index is 1.61. The zero-order chi connectivity index (χ0) is 18.5. The van der Waals surface area contributed by atoms with Gasteiger partial charge in [0.1, 0.15) is 11.9 Å². The van der Waals surface area contributed by atoms with Crippen LogP contribution in [0, 0.1) is 6.92 Å². The average molecular weight is 354 g/mol. The van der Waals surface area contributed by atoms with Gasteiger partial charge in [-0.2, -0.15) is 0 Å². The molecule has 0 saturated carbocycles. The van der Waals surface area contributed by atoms with Gasteiger partial charge in [-0.1, -0.05) is 30.3 Å². The van der Waals surface area contributed by atoms with Gasteiger partial charge >= 0.3 is 11.8 Å². The molecular weight excluding hydrogens is 332 g/mol. The number of hydrogen-bond acceptors (Lipinski definition) is 4. The molecule has 0 unspecified atom stereocenters. The average Bonchev–Trinajstić information content (AvgIpc) is 2.66. The molecule has 0 spiro atoms. The highest BCUT2D eigenvalue weighted by Gasteiger charge is 2.23. The highest BCUT2D eigenvalue weighted by Crippen LogP contribution is 2.27. The third-order valence-corrected chi connectivity index (χ3v) is 4.35. The van der Waals surface area contributed by atoms with Gasteiger partial charge in [0.2, 0.25) is 0 Å². The molecule has 136 valence electrons. The van der Waals surface area contributed by atoms with Crippen molar-refractivity contribution in [1.82, 2.24) is 5.32 Å². The second kappa shape index (κ2) is 8.01. The van der Waals surface area contributed by atoms with Gasteiger partial charge in [-0.15, -0.1) is 0 Å². The lowest BCUT2D eigenvalue weighted by atomic mass is 9.97. The molecule has 2 N–H and O–H groups in total. The standard InChI is InChI=1S/C20H22N2O4/c1-13-7-8-17(25-2)16(11-13)22-20(24)19(23)21-12-18-15-6-4-3-5-14(15)9-10-26-18/h3-8,11,18H,9-10,12H2,1-2H3,(H,21,23)(H,22,24)/t18-/m0/s1. The fraction of sp³-hybridized carbons (Fsp3) is 0.300. The summed E-state index contributed by atoms with van der Waals surface area (Å²) in [6.07, 6.45) is 0.610. The third kappa shape index (κ3) is 4.03. The molecule has 1 heterocycles. The van der Waals surface area contributed by atoms with Crippen LogP contribution in [0.15, 0.2) is 42.5 Å². The fourth-order valence-electron chi connectivity index (χ4n) is 3.01. The van der Waals surface area contributed by atoms with Gasteiger partial charge in [0.15, 0.2) is 0 Å². The Labute approximate surface area is 152 Å². The molecule has 26 heavy (non-hydrogen) atoms. The number of aryl methyl sites for hydroxylation is 1. The van der Waals surface area contributed by atoms with E-state index in [1.807, 2.05) is 31.2 Å². The highest BCUT2D eigenvalue weighted by atomic mass is 16.5. The Kier molecular flexibility index (Phi) is 5.53. The third-order valence-electron chi connectivity index (χ3n) is 4.35. The maximum atomic E-state index is 12.2. The van der Waals surface area contributed by atoms with E-state index in [4.69, 9.17) is 9.47 Å². The largest absolute Gasteiger partial charge is 0.495 e. The number of fused-ring (bicyclic) bond motifs is 1. The first-order valence-electron chi connectivity index (χ1n) is 8.51. The zero-order valence-electron chi connectivity index (χ0n) is 14.9. The van der Waals surface area contributed by atoms with Crippen LogP contribution in [0.5, 0.6) is 5.75 Å². The van der Waals surface area contributed by atoms with Crippen molar-refractivity contribution in [2.45, 2.75) is 19.4 Å². The lowest BCUT2D eigenvalue weighted by Gasteiger charge is -2.26. The van der Waals surface area contributed by atoms with Crippen molar-refractivity contribution in [3.05, 3.63) is 59.2 Å². The maximum absolute atomic E-state index is 12.2. The minimum absolute atomic E-state index is 0.244. The smallest absolute Gasteiger partial charge is 0.313 e. The topological polar surface area (TPSA) is 76.7 Å². The number of carbonyl (C=O) groups is 2. The molecule has 1 atom stereocenters. The molecule has 0 fully saturated rings. The molecule has 1 aliphatic rings. The summed E-state index contributed by atoms with van der Waals surface area (Å²) in [5.74, 6) is -0.945. The summed E-state index contributed by atoms with van der Waals surface area (Å²) in [5, 5.41) is 5.24. The van der Waals surface area contributed by atoms with E-state index >= 15 is 0 Å². The van der Waals surface area contributed by atoms with Crippen molar-refractivity contribution in [3.63, 3.8) is 0 Å². The van der Waals surface area contributed by atoms with Crippen LogP contribution in [0.1, 0.15) is 22.8 Å². The Bertz CT molecular complexity index is 819. The van der Waals surface area contributed by atoms with Crippen LogP contribution in [0.4, 0.5) is 5.69 Å². The van der Waals surface area contributed by atoms with E-state index in [-0.39, 0.29) is 12.6 Å². The van der Waals surface area contributed by atoms with E-state index < -0.39 is 11.8 Å². The van der Waals surface area contributed by atoms with Crippen molar-refractivity contribution in [2.24, 2.45) is 0 Å². The first-order valence-corrected chi connectivity index (χ1v) is 8.51. The number of nitrogens with one attached hydrogen (secondary N) is 2. The molecule has 2 aromatic rings. The first-order chi connectivity index (χ1) is 12.6. The molecule has 0 saturated heterocycles. The van der Waals surface area contributed by atoms with E-state index in [0.29, 0.717) is 18.0 Å². The lowest BCUT2D eigenvalue weighted by molar-refractivity contribution is -0.136. The van der Waals surface area contributed by atoms with Crippen molar-refractivity contribution in [1.29, 1.82) is 0 Å². The Morgan fingerprint density at radius 1 is 1.19 bits per heavy atom. The summed E-state index contributed by atoms with van der Waals surface area (Å²) in [7, 11) is 1.51. The number of benzene rings is 2. The maximum Gasteiger partial charge on any atom is 0.313 e. The number of hydrogen-bond donors (Lipinski definition) is 2. The van der Waals surface area contributed by atoms with Gasteiger partial charge in [0, 0.05) is 6.54 Å². The van der Waals surface area contributed by atoms with E-state index in [1.54, 1.807) is 12.1 Å². The summed E-state index contributed by atoms with van der Waals surface area (Å²) < 4.78 is 10.9. The fourth-order valence-corrected chi connectivity index (χ4v) is 3.01. The van der Waals surface area contributed by atoms with E-state index in [9.17, 15) is 9.59 Å². The van der Waals surface area contributed by atoms with E-state index in [1.165, 1.54) is 12.7 Å². The molecule has 3 rings (SSSR count). The van der Waals surface area contributed by atoms with Crippen LogP contribution in [-0.2, 0) is 20.7 Å². The zero-order valence-corrected chi connectivity index (χ0v) is 14.9. The summed E-state index contributed by atoms with van der Waals surface area (Å²) >= 11 is 0.